The van der Waals surface area contributed by atoms with Crippen LogP contribution in [0.5, 0.6) is 0 Å². The van der Waals surface area contributed by atoms with Crippen LogP contribution in [0.2, 0.25) is 0 Å². The van der Waals surface area contributed by atoms with Crippen molar-refractivity contribution < 1.29 is 8.42 Å². The zero-order valence-electron chi connectivity index (χ0n) is 13.1. The van der Waals surface area contributed by atoms with E-state index in [2.05, 4.69) is 24.2 Å². The van der Waals surface area contributed by atoms with Gasteiger partial charge in [-0.1, -0.05) is 0 Å². The zero-order chi connectivity index (χ0) is 15.9. The van der Waals surface area contributed by atoms with E-state index in [9.17, 15) is 8.42 Å². The molecule has 0 radical (unpaired) electrons. The van der Waals surface area contributed by atoms with E-state index in [0.717, 1.165) is 17.7 Å². The topological polar surface area (TPSA) is 55.2 Å². The van der Waals surface area contributed by atoms with Gasteiger partial charge in [-0.3, -0.25) is 4.68 Å². The molecule has 0 N–H and O–H groups in total. The molecule has 3 heterocycles. The molecule has 0 spiro atoms. The standard InChI is InChI=1S/C15H21N3O2S2/c1-11(2)17-10-13(9-16-17)22(19,20)18-8-4-5-14(18)15-7-6-12(3)21-15/h6-7,9-11,14H,4-5,8H2,1-3H3. The first kappa shape index (κ1) is 15.7. The Morgan fingerprint density at radius 2 is 2.14 bits per heavy atom. The lowest BCUT2D eigenvalue weighted by atomic mass is 10.2. The van der Waals surface area contributed by atoms with Gasteiger partial charge in [-0.15, -0.1) is 11.3 Å². The highest BCUT2D eigenvalue weighted by molar-refractivity contribution is 7.89. The van der Waals surface area contributed by atoms with Gasteiger partial charge in [-0.05, 0) is 45.7 Å². The highest BCUT2D eigenvalue weighted by Crippen LogP contribution is 2.39. The molecule has 22 heavy (non-hydrogen) atoms. The van der Waals surface area contributed by atoms with E-state index in [0.29, 0.717) is 11.4 Å². The maximum absolute atomic E-state index is 12.9. The average Bonchev–Trinajstić information content (AvgIpc) is 3.18. The third kappa shape index (κ3) is 2.73. The minimum atomic E-state index is -3.48. The lowest BCUT2D eigenvalue weighted by Crippen LogP contribution is -2.30. The molecule has 1 atom stereocenters. The van der Waals surface area contributed by atoms with Gasteiger partial charge in [-0.2, -0.15) is 9.40 Å². The van der Waals surface area contributed by atoms with Gasteiger partial charge in [0, 0.05) is 28.5 Å². The Labute approximate surface area is 135 Å². The molecule has 5 nitrogen and oxygen atoms in total. The van der Waals surface area contributed by atoms with Crippen LogP contribution >= 0.6 is 11.3 Å². The second kappa shape index (κ2) is 5.79. The van der Waals surface area contributed by atoms with Gasteiger partial charge >= 0.3 is 0 Å². The summed E-state index contributed by atoms with van der Waals surface area (Å²) in [6, 6.07) is 4.22. The Kier molecular flexibility index (Phi) is 4.13. The first-order valence-corrected chi connectivity index (χ1v) is 9.77. The molecule has 2 aromatic heterocycles. The van der Waals surface area contributed by atoms with E-state index >= 15 is 0 Å². The van der Waals surface area contributed by atoms with Crippen LogP contribution in [-0.4, -0.2) is 29.0 Å². The molecule has 0 aromatic carbocycles. The van der Waals surface area contributed by atoms with Gasteiger partial charge in [-0.25, -0.2) is 8.42 Å². The van der Waals surface area contributed by atoms with Gasteiger partial charge in [0.05, 0.1) is 12.2 Å². The van der Waals surface area contributed by atoms with Crippen molar-refractivity contribution in [2.24, 2.45) is 0 Å². The molecule has 1 aliphatic rings. The smallest absolute Gasteiger partial charge is 0.246 e. The largest absolute Gasteiger partial charge is 0.269 e. The molecular weight excluding hydrogens is 318 g/mol. The molecule has 1 fully saturated rings. The van der Waals surface area contributed by atoms with Crippen LogP contribution in [0, 0.1) is 6.92 Å². The quantitative estimate of drug-likeness (QED) is 0.858. The first-order valence-electron chi connectivity index (χ1n) is 7.52. The summed E-state index contributed by atoms with van der Waals surface area (Å²) >= 11 is 1.68. The summed E-state index contributed by atoms with van der Waals surface area (Å²) in [5.74, 6) is 0. The van der Waals surface area contributed by atoms with Crippen LogP contribution in [0.25, 0.3) is 0 Å². The minimum Gasteiger partial charge on any atom is -0.269 e. The molecule has 0 aliphatic carbocycles. The van der Waals surface area contributed by atoms with Crippen LogP contribution in [0.15, 0.2) is 29.4 Å². The summed E-state index contributed by atoms with van der Waals surface area (Å²) in [6.45, 7) is 6.60. The molecule has 7 heteroatoms. The third-order valence-electron chi connectivity index (χ3n) is 4.01. The number of rotatable bonds is 4. The second-order valence-electron chi connectivity index (χ2n) is 5.97. The normalized spacial score (nSPS) is 20.1. The number of hydrogen-bond donors (Lipinski definition) is 0. The molecular formula is C15H21N3O2S2. The molecule has 2 aromatic rings. The lowest BCUT2D eigenvalue weighted by Gasteiger charge is -2.22. The fourth-order valence-corrected chi connectivity index (χ4v) is 5.52. The number of sulfonamides is 1. The number of thiophene rings is 1. The molecule has 0 bridgehead atoms. The zero-order valence-corrected chi connectivity index (χ0v) is 14.7. The summed E-state index contributed by atoms with van der Waals surface area (Å²) < 4.78 is 29.2. The predicted octanol–water partition coefficient (Wildman–Crippen LogP) is 3.36. The minimum absolute atomic E-state index is 0.0360. The Balaban J connectivity index is 1.93. The van der Waals surface area contributed by atoms with Gasteiger partial charge in [0.25, 0.3) is 0 Å². The SMILES string of the molecule is Cc1ccc(C2CCCN2S(=O)(=O)c2cnn(C(C)C)c2)s1. The summed E-state index contributed by atoms with van der Waals surface area (Å²) in [5, 5.41) is 4.17. The van der Waals surface area contributed by atoms with Gasteiger partial charge in [0.2, 0.25) is 10.0 Å². The predicted molar refractivity (Wildman–Crippen MR) is 87.5 cm³/mol. The molecule has 1 saturated heterocycles. The highest BCUT2D eigenvalue weighted by Gasteiger charge is 2.37. The first-order chi connectivity index (χ1) is 10.4. The maximum Gasteiger partial charge on any atom is 0.246 e. The summed E-state index contributed by atoms with van der Waals surface area (Å²) in [5.41, 5.74) is 0. The van der Waals surface area contributed by atoms with Crippen molar-refractivity contribution in [1.82, 2.24) is 14.1 Å². The molecule has 1 unspecified atom stereocenters. The van der Waals surface area contributed by atoms with Crippen molar-refractivity contribution in [3.63, 3.8) is 0 Å². The van der Waals surface area contributed by atoms with E-state index in [1.807, 2.05) is 13.8 Å². The number of aryl methyl sites for hydroxylation is 1. The van der Waals surface area contributed by atoms with Crippen LogP contribution in [-0.2, 0) is 10.0 Å². The summed E-state index contributed by atoms with van der Waals surface area (Å²) in [6.07, 6.45) is 4.89. The molecule has 120 valence electrons. The van der Waals surface area contributed by atoms with Crippen LogP contribution in [0.4, 0.5) is 0 Å². The summed E-state index contributed by atoms with van der Waals surface area (Å²) in [4.78, 5) is 2.64. The Bertz CT molecular complexity index is 761. The van der Waals surface area contributed by atoms with Crippen molar-refractivity contribution in [3.8, 4) is 0 Å². The number of nitrogens with zero attached hydrogens (tertiary/aromatic N) is 3. The second-order valence-corrected chi connectivity index (χ2v) is 9.18. The van der Waals surface area contributed by atoms with E-state index in [1.54, 1.807) is 26.5 Å². The van der Waals surface area contributed by atoms with E-state index in [-0.39, 0.29) is 12.1 Å². The third-order valence-corrected chi connectivity index (χ3v) is 6.97. The van der Waals surface area contributed by atoms with Crippen LogP contribution in [0.3, 0.4) is 0 Å². The van der Waals surface area contributed by atoms with E-state index in [1.165, 1.54) is 11.1 Å². The summed E-state index contributed by atoms with van der Waals surface area (Å²) in [7, 11) is -3.48. The monoisotopic (exact) mass is 339 g/mol. The van der Waals surface area contributed by atoms with Crippen molar-refractivity contribution in [3.05, 3.63) is 34.3 Å². The van der Waals surface area contributed by atoms with Gasteiger partial charge in [0.1, 0.15) is 4.90 Å². The van der Waals surface area contributed by atoms with Crippen molar-refractivity contribution in [1.29, 1.82) is 0 Å². The lowest BCUT2D eigenvalue weighted by molar-refractivity contribution is 0.401. The molecule has 0 amide bonds. The van der Waals surface area contributed by atoms with Gasteiger partial charge < -0.3 is 0 Å². The fraction of sp³-hybridized carbons (Fsp3) is 0.533. The Hall–Kier alpha value is -1.18. The fourth-order valence-electron chi connectivity index (χ4n) is 2.82. The number of hydrogen-bond acceptors (Lipinski definition) is 4. The number of aromatic nitrogens is 2. The Morgan fingerprint density at radius 1 is 1.36 bits per heavy atom. The average molecular weight is 339 g/mol. The highest BCUT2D eigenvalue weighted by atomic mass is 32.2. The van der Waals surface area contributed by atoms with Crippen molar-refractivity contribution in [2.75, 3.05) is 6.54 Å². The maximum atomic E-state index is 12.9. The van der Waals surface area contributed by atoms with Crippen LogP contribution < -0.4 is 0 Å². The van der Waals surface area contributed by atoms with Gasteiger partial charge in [0.15, 0.2) is 0 Å². The molecule has 3 rings (SSSR count). The van der Waals surface area contributed by atoms with Crippen molar-refractivity contribution >= 4 is 21.4 Å². The van der Waals surface area contributed by atoms with E-state index < -0.39 is 10.0 Å². The van der Waals surface area contributed by atoms with Crippen molar-refractivity contribution in [2.45, 2.75) is 50.6 Å². The molecule has 0 saturated carbocycles. The van der Waals surface area contributed by atoms with E-state index in [4.69, 9.17) is 0 Å². The Morgan fingerprint density at radius 3 is 2.73 bits per heavy atom. The van der Waals surface area contributed by atoms with Crippen LogP contribution in [0.1, 0.15) is 48.5 Å². The molecule has 1 aliphatic heterocycles.